The van der Waals surface area contributed by atoms with Crippen molar-refractivity contribution in [2.75, 3.05) is 24.7 Å². The molecule has 0 saturated carbocycles. The molecule has 0 aliphatic carbocycles. The molecule has 2 aromatic rings. The number of rotatable bonds is 3. The molecule has 1 aromatic heterocycles. The number of nitrogens with zero attached hydrogens (tertiary/aromatic N) is 2. The number of anilines is 2. The number of piperidine rings is 1. The predicted octanol–water partition coefficient (Wildman–Crippen LogP) is 2.75. The fourth-order valence-electron chi connectivity index (χ4n) is 3.41. The SMILES string of the molecule is COc1cc(NC(=O)C(=O)N2C[C@@H](C)CCC2c2ccc(F)cc2)cnc1N. The highest BCUT2D eigenvalue weighted by atomic mass is 19.1. The molecule has 1 unspecified atom stereocenters. The number of hydrogen-bond acceptors (Lipinski definition) is 5. The van der Waals surface area contributed by atoms with Crippen LogP contribution in [-0.2, 0) is 9.59 Å². The van der Waals surface area contributed by atoms with Crippen molar-refractivity contribution < 1.29 is 18.7 Å². The van der Waals surface area contributed by atoms with Gasteiger partial charge in [0.05, 0.1) is 25.0 Å². The number of likely N-dealkylation sites (tertiary alicyclic amines) is 1. The zero-order valence-corrected chi connectivity index (χ0v) is 15.8. The third kappa shape index (κ3) is 4.21. The van der Waals surface area contributed by atoms with Gasteiger partial charge in [-0.25, -0.2) is 9.37 Å². The van der Waals surface area contributed by atoms with E-state index in [1.165, 1.54) is 31.5 Å². The third-order valence-corrected chi connectivity index (χ3v) is 4.89. The first kappa shape index (κ1) is 19.6. The lowest BCUT2D eigenvalue weighted by molar-refractivity contribution is -0.146. The van der Waals surface area contributed by atoms with E-state index in [2.05, 4.69) is 10.3 Å². The highest BCUT2D eigenvalue weighted by Crippen LogP contribution is 2.33. The molecule has 3 rings (SSSR count). The normalized spacial score (nSPS) is 19.2. The second-order valence-corrected chi connectivity index (χ2v) is 6.97. The van der Waals surface area contributed by atoms with Crippen LogP contribution in [0.4, 0.5) is 15.9 Å². The Hall–Kier alpha value is -3.16. The number of hydrogen-bond donors (Lipinski definition) is 2. The molecule has 1 aromatic carbocycles. The Balaban J connectivity index is 1.79. The van der Waals surface area contributed by atoms with Crippen molar-refractivity contribution in [3.63, 3.8) is 0 Å². The number of nitrogens with one attached hydrogen (secondary N) is 1. The lowest BCUT2D eigenvalue weighted by Crippen LogP contribution is -2.46. The van der Waals surface area contributed by atoms with Crippen LogP contribution in [0.25, 0.3) is 0 Å². The minimum absolute atomic E-state index is 0.188. The van der Waals surface area contributed by atoms with Gasteiger partial charge in [-0.3, -0.25) is 9.59 Å². The molecule has 7 nitrogen and oxygen atoms in total. The zero-order chi connectivity index (χ0) is 20.3. The van der Waals surface area contributed by atoms with Crippen LogP contribution in [0.15, 0.2) is 36.5 Å². The van der Waals surface area contributed by atoms with Crippen LogP contribution in [0.5, 0.6) is 5.75 Å². The van der Waals surface area contributed by atoms with E-state index in [9.17, 15) is 14.0 Å². The molecule has 1 aliphatic heterocycles. The van der Waals surface area contributed by atoms with E-state index in [0.29, 0.717) is 24.4 Å². The summed E-state index contributed by atoms with van der Waals surface area (Å²) in [6.07, 6.45) is 2.99. The van der Waals surface area contributed by atoms with Crippen molar-refractivity contribution in [1.82, 2.24) is 9.88 Å². The number of carbonyl (C=O) groups excluding carboxylic acids is 2. The summed E-state index contributed by atoms with van der Waals surface area (Å²) in [5, 5.41) is 2.55. The summed E-state index contributed by atoms with van der Waals surface area (Å²) < 4.78 is 18.3. The number of amides is 2. The average molecular weight is 386 g/mol. The van der Waals surface area contributed by atoms with Gasteiger partial charge in [0.25, 0.3) is 0 Å². The first-order valence-corrected chi connectivity index (χ1v) is 9.06. The lowest BCUT2D eigenvalue weighted by Gasteiger charge is -2.38. The van der Waals surface area contributed by atoms with Crippen molar-refractivity contribution in [3.05, 3.63) is 47.9 Å². The number of aromatic nitrogens is 1. The van der Waals surface area contributed by atoms with Crippen molar-refractivity contribution in [1.29, 1.82) is 0 Å². The van der Waals surface area contributed by atoms with Gasteiger partial charge >= 0.3 is 11.8 Å². The van der Waals surface area contributed by atoms with Gasteiger partial charge in [0, 0.05) is 12.6 Å². The van der Waals surface area contributed by atoms with E-state index in [0.717, 1.165) is 12.0 Å². The summed E-state index contributed by atoms with van der Waals surface area (Å²) in [4.78, 5) is 30.9. The van der Waals surface area contributed by atoms with Gasteiger partial charge < -0.3 is 20.7 Å². The molecule has 8 heteroatoms. The lowest BCUT2D eigenvalue weighted by atomic mass is 9.90. The number of benzene rings is 1. The molecule has 1 fully saturated rings. The van der Waals surface area contributed by atoms with E-state index in [1.54, 1.807) is 17.0 Å². The van der Waals surface area contributed by atoms with Crippen LogP contribution in [0.2, 0.25) is 0 Å². The molecule has 2 heterocycles. The van der Waals surface area contributed by atoms with Crippen molar-refractivity contribution in [3.8, 4) is 5.75 Å². The maximum Gasteiger partial charge on any atom is 0.313 e. The number of nitrogens with two attached hydrogens (primary N) is 1. The average Bonchev–Trinajstić information content (AvgIpc) is 2.69. The van der Waals surface area contributed by atoms with Crippen LogP contribution in [-0.4, -0.2) is 35.4 Å². The van der Waals surface area contributed by atoms with Crippen molar-refractivity contribution in [2.45, 2.75) is 25.8 Å². The Kier molecular flexibility index (Phi) is 5.77. The monoisotopic (exact) mass is 386 g/mol. The van der Waals surface area contributed by atoms with Gasteiger partial charge in [0.2, 0.25) is 0 Å². The van der Waals surface area contributed by atoms with E-state index < -0.39 is 11.8 Å². The molecule has 1 saturated heterocycles. The molecular formula is C20H23FN4O3. The van der Waals surface area contributed by atoms with Gasteiger partial charge in [-0.05, 0) is 36.5 Å². The number of carbonyl (C=O) groups is 2. The van der Waals surface area contributed by atoms with Crippen LogP contribution in [0.3, 0.4) is 0 Å². The smallest absolute Gasteiger partial charge is 0.313 e. The van der Waals surface area contributed by atoms with Gasteiger partial charge in [-0.2, -0.15) is 0 Å². The molecular weight excluding hydrogens is 363 g/mol. The highest BCUT2D eigenvalue weighted by Gasteiger charge is 2.34. The van der Waals surface area contributed by atoms with Gasteiger partial charge in [-0.15, -0.1) is 0 Å². The van der Waals surface area contributed by atoms with Crippen LogP contribution < -0.4 is 15.8 Å². The molecule has 0 bridgehead atoms. The maximum atomic E-state index is 13.3. The number of pyridine rings is 1. The number of ether oxygens (including phenoxy) is 1. The Morgan fingerprint density at radius 3 is 2.68 bits per heavy atom. The summed E-state index contributed by atoms with van der Waals surface area (Å²) in [7, 11) is 1.44. The molecule has 0 radical (unpaired) electrons. The molecule has 28 heavy (non-hydrogen) atoms. The second kappa shape index (κ2) is 8.24. The Morgan fingerprint density at radius 1 is 1.29 bits per heavy atom. The molecule has 1 aliphatic rings. The van der Waals surface area contributed by atoms with Gasteiger partial charge in [0.1, 0.15) is 5.82 Å². The Morgan fingerprint density at radius 2 is 2.00 bits per heavy atom. The minimum atomic E-state index is -0.769. The standard InChI is InChI=1S/C20H23FN4O3/c1-12-3-8-16(13-4-6-14(21)7-5-13)25(11-12)20(27)19(26)24-15-9-17(28-2)18(22)23-10-15/h4-7,9-10,12,16H,3,8,11H2,1-2H3,(H2,22,23)(H,24,26)/t12-,16?/m0/s1. The van der Waals surface area contributed by atoms with Crippen molar-refractivity contribution in [2.24, 2.45) is 5.92 Å². The first-order valence-electron chi connectivity index (χ1n) is 9.06. The maximum absolute atomic E-state index is 13.3. The summed E-state index contributed by atoms with van der Waals surface area (Å²) >= 11 is 0. The summed E-state index contributed by atoms with van der Waals surface area (Å²) in [5.74, 6) is -0.985. The summed E-state index contributed by atoms with van der Waals surface area (Å²) in [6, 6.07) is 7.27. The van der Waals surface area contributed by atoms with E-state index in [-0.39, 0.29) is 23.6 Å². The second-order valence-electron chi connectivity index (χ2n) is 6.97. The zero-order valence-electron chi connectivity index (χ0n) is 15.8. The minimum Gasteiger partial charge on any atom is -0.493 e. The predicted molar refractivity (Wildman–Crippen MR) is 103 cm³/mol. The molecule has 2 amide bonds. The quantitative estimate of drug-likeness (QED) is 0.791. The molecule has 3 N–H and O–H groups in total. The fraction of sp³-hybridized carbons (Fsp3) is 0.350. The summed E-state index contributed by atoms with van der Waals surface area (Å²) in [5.41, 5.74) is 6.79. The number of nitrogen functional groups attached to an aromatic ring is 1. The first-order chi connectivity index (χ1) is 13.4. The van der Waals surface area contributed by atoms with Crippen molar-refractivity contribution >= 4 is 23.3 Å². The molecule has 148 valence electrons. The van der Waals surface area contributed by atoms with Crippen LogP contribution >= 0.6 is 0 Å². The van der Waals surface area contributed by atoms with Crippen LogP contribution in [0.1, 0.15) is 31.4 Å². The Bertz CT molecular complexity index is 872. The van der Waals surface area contributed by atoms with Gasteiger partial charge in [0.15, 0.2) is 11.6 Å². The third-order valence-electron chi connectivity index (χ3n) is 4.89. The van der Waals surface area contributed by atoms with E-state index in [4.69, 9.17) is 10.5 Å². The van der Waals surface area contributed by atoms with E-state index in [1.807, 2.05) is 6.92 Å². The number of halogens is 1. The topological polar surface area (TPSA) is 97.5 Å². The van der Waals surface area contributed by atoms with E-state index >= 15 is 0 Å². The Labute approximate surface area is 162 Å². The fourth-order valence-corrected chi connectivity index (χ4v) is 3.41. The largest absolute Gasteiger partial charge is 0.493 e. The molecule has 2 atom stereocenters. The molecule has 0 spiro atoms. The van der Waals surface area contributed by atoms with Gasteiger partial charge in [-0.1, -0.05) is 19.1 Å². The van der Waals surface area contributed by atoms with Crippen LogP contribution in [0, 0.1) is 11.7 Å². The number of methoxy groups -OCH3 is 1. The summed E-state index contributed by atoms with van der Waals surface area (Å²) in [6.45, 7) is 2.49. The highest BCUT2D eigenvalue weighted by molar-refractivity contribution is 6.39.